The second-order valence-electron chi connectivity index (χ2n) is 6.42. The van der Waals surface area contributed by atoms with Crippen molar-refractivity contribution in [1.29, 1.82) is 0 Å². The lowest BCUT2D eigenvalue weighted by molar-refractivity contribution is 0.0696. The minimum Gasteiger partial charge on any atom is -0.478 e. The monoisotopic (exact) mass is 338 g/mol. The van der Waals surface area contributed by atoms with Crippen molar-refractivity contribution in [3.8, 4) is 0 Å². The molecule has 1 heterocycles. The van der Waals surface area contributed by atoms with Crippen LogP contribution in [0.5, 0.6) is 0 Å². The predicted molar refractivity (Wildman–Crippen MR) is 98.0 cm³/mol. The molecule has 0 unspecified atom stereocenters. The van der Waals surface area contributed by atoms with Crippen LogP contribution in [0.25, 0.3) is 10.8 Å². The Morgan fingerprint density at radius 1 is 1.12 bits per heavy atom. The average Bonchev–Trinajstić information content (AvgIpc) is 2.62. The van der Waals surface area contributed by atoms with Gasteiger partial charge in [-0.2, -0.15) is 0 Å². The van der Waals surface area contributed by atoms with Gasteiger partial charge in [-0.15, -0.1) is 6.58 Å². The summed E-state index contributed by atoms with van der Waals surface area (Å²) in [5.41, 5.74) is 0.847. The molecule has 3 rings (SSSR count). The zero-order chi connectivity index (χ0) is 17.8. The van der Waals surface area contributed by atoms with Crippen LogP contribution in [0.4, 0.5) is 0 Å². The number of carbonyl (C=O) groups excluding carboxylic acids is 1. The van der Waals surface area contributed by atoms with Gasteiger partial charge in [0.2, 0.25) is 0 Å². The molecule has 1 amide bonds. The molecular weight excluding hydrogens is 316 g/mol. The summed E-state index contributed by atoms with van der Waals surface area (Å²) in [6.45, 7) is 6.58. The van der Waals surface area contributed by atoms with Crippen LogP contribution in [0.15, 0.2) is 49.1 Å². The van der Waals surface area contributed by atoms with Gasteiger partial charge in [-0.3, -0.25) is 9.69 Å². The first-order valence-corrected chi connectivity index (χ1v) is 8.48. The summed E-state index contributed by atoms with van der Waals surface area (Å²) in [5, 5.41) is 13.8. The van der Waals surface area contributed by atoms with E-state index in [9.17, 15) is 9.59 Å². The van der Waals surface area contributed by atoms with Gasteiger partial charge in [0.1, 0.15) is 0 Å². The van der Waals surface area contributed by atoms with E-state index in [1.54, 1.807) is 30.3 Å². The Labute approximate surface area is 146 Å². The number of benzene rings is 2. The quantitative estimate of drug-likeness (QED) is 0.823. The van der Waals surface area contributed by atoms with Crippen LogP contribution in [0.3, 0.4) is 0 Å². The lowest BCUT2D eigenvalue weighted by Crippen LogP contribution is -2.44. The molecule has 1 saturated heterocycles. The van der Waals surface area contributed by atoms with E-state index in [0.717, 1.165) is 43.2 Å². The Hall–Kier alpha value is -2.66. The molecule has 1 aliphatic heterocycles. The molecule has 2 aromatic rings. The van der Waals surface area contributed by atoms with Crippen molar-refractivity contribution in [1.82, 2.24) is 10.2 Å². The minimum atomic E-state index is -0.952. The molecular formula is C20H22N2O3. The smallest absolute Gasteiger partial charge is 0.335 e. The third-order valence-corrected chi connectivity index (χ3v) is 4.66. The van der Waals surface area contributed by atoms with E-state index in [1.165, 1.54) is 0 Å². The third kappa shape index (κ3) is 4.06. The predicted octanol–water partition coefficient (Wildman–Crippen LogP) is 2.92. The van der Waals surface area contributed by atoms with Crippen molar-refractivity contribution in [2.24, 2.45) is 0 Å². The summed E-state index contributed by atoms with van der Waals surface area (Å²) in [7, 11) is 0. The lowest BCUT2D eigenvalue weighted by atomic mass is 10.0. The zero-order valence-electron chi connectivity index (χ0n) is 14.1. The van der Waals surface area contributed by atoms with Gasteiger partial charge in [0, 0.05) is 31.2 Å². The number of likely N-dealkylation sites (tertiary alicyclic amines) is 1. The number of nitrogens with one attached hydrogen (secondary N) is 1. The summed E-state index contributed by atoms with van der Waals surface area (Å²) in [6.07, 6.45) is 3.79. The van der Waals surface area contributed by atoms with Crippen LogP contribution in [-0.4, -0.2) is 47.6 Å². The maximum atomic E-state index is 12.5. The molecule has 0 bridgehead atoms. The summed E-state index contributed by atoms with van der Waals surface area (Å²) < 4.78 is 0. The number of carbonyl (C=O) groups is 2. The molecule has 0 radical (unpaired) electrons. The van der Waals surface area contributed by atoms with E-state index < -0.39 is 5.97 Å². The highest BCUT2D eigenvalue weighted by molar-refractivity contribution is 6.00. The third-order valence-electron chi connectivity index (χ3n) is 4.66. The Bertz CT molecular complexity index is 808. The summed E-state index contributed by atoms with van der Waals surface area (Å²) in [5.74, 6) is -1.03. The van der Waals surface area contributed by atoms with E-state index in [4.69, 9.17) is 5.11 Å². The highest BCUT2D eigenvalue weighted by Crippen LogP contribution is 2.19. The van der Waals surface area contributed by atoms with Gasteiger partial charge in [0.25, 0.3) is 5.91 Å². The first-order valence-electron chi connectivity index (χ1n) is 8.48. The lowest BCUT2D eigenvalue weighted by Gasteiger charge is -2.31. The second kappa shape index (κ2) is 7.49. The van der Waals surface area contributed by atoms with Crippen molar-refractivity contribution in [3.63, 3.8) is 0 Å². The number of rotatable bonds is 5. The molecule has 0 spiro atoms. The molecule has 1 aliphatic rings. The van der Waals surface area contributed by atoms with Crippen molar-refractivity contribution < 1.29 is 14.7 Å². The molecule has 2 N–H and O–H groups in total. The number of aromatic carboxylic acids is 1. The largest absolute Gasteiger partial charge is 0.478 e. The highest BCUT2D eigenvalue weighted by atomic mass is 16.4. The average molecular weight is 338 g/mol. The van der Waals surface area contributed by atoms with Crippen LogP contribution in [0.1, 0.15) is 33.6 Å². The topological polar surface area (TPSA) is 69.6 Å². The zero-order valence-corrected chi connectivity index (χ0v) is 14.1. The molecule has 0 atom stereocenters. The molecule has 0 saturated carbocycles. The number of fused-ring (bicyclic) bond motifs is 1. The molecule has 0 aromatic heterocycles. The van der Waals surface area contributed by atoms with Gasteiger partial charge in [-0.1, -0.05) is 18.2 Å². The van der Waals surface area contributed by atoms with E-state index >= 15 is 0 Å². The summed E-state index contributed by atoms with van der Waals surface area (Å²) in [4.78, 5) is 25.9. The first-order chi connectivity index (χ1) is 12.1. The van der Waals surface area contributed by atoms with Crippen molar-refractivity contribution in [2.75, 3.05) is 19.6 Å². The Morgan fingerprint density at radius 2 is 1.72 bits per heavy atom. The fourth-order valence-corrected chi connectivity index (χ4v) is 3.23. The standard InChI is InChI=1S/C20H22N2O3/c1-2-9-22-10-7-18(8-11-22)21-19(23)16-5-3-15-13-17(20(24)25)6-4-14(15)12-16/h2-6,12-13,18H,1,7-11H2,(H,21,23)(H,24,25). The number of hydrogen-bond donors (Lipinski definition) is 2. The summed E-state index contributed by atoms with van der Waals surface area (Å²) >= 11 is 0. The second-order valence-corrected chi connectivity index (χ2v) is 6.42. The van der Waals surface area contributed by atoms with Gasteiger partial charge >= 0.3 is 5.97 Å². The molecule has 0 aliphatic carbocycles. The van der Waals surface area contributed by atoms with Gasteiger partial charge in [-0.05, 0) is 47.9 Å². The number of hydrogen-bond acceptors (Lipinski definition) is 3. The number of carboxylic acid groups (broad SMARTS) is 1. The molecule has 1 fully saturated rings. The molecule has 5 nitrogen and oxygen atoms in total. The van der Waals surface area contributed by atoms with Gasteiger partial charge in [-0.25, -0.2) is 4.79 Å². The van der Waals surface area contributed by atoms with Crippen LogP contribution in [-0.2, 0) is 0 Å². The Kier molecular flexibility index (Phi) is 5.14. The van der Waals surface area contributed by atoms with Gasteiger partial charge in [0.15, 0.2) is 0 Å². The molecule has 5 heteroatoms. The molecule has 25 heavy (non-hydrogen) atoms. The van der Waals surface area contributed by atoms with Gasteiger partial charge < -0.3 is 10.4 Å². The Morgan fingerprint density at radius 3 is 2.32 bits per heavy atom. The van der Waals surface area contributed by atoms with Crippen LogP contribution in [0.2, 0.25) is 0 Å². The van der Waals surface area contributed by atoms with Gasteiger partial charge in [0.05, 0.1) is 5.56 Å². The van der Waals surface area contributed by atoms with E-state index in [1.807, 2.05) is 12.1 Å². The SMILES string of the molecule is C=CCN1CCC(NC(=O)c2ccc3cc(C(=O)O)ccc3c2)CC1. The van der Waals surface area contributed by atoms with E-state index in [0.29, 0.717) is 5.56 Å². The number of amides is 1. The van der Waals surface area contributed by atoms with Crippen LogP contribution in [0, 0.1) is 0 Å². The van der Waals surface area contributed by atoms with Crippen molar-refractivity contribution in [3.05, 3.63) is 60.2 Å². The van der Waals surface area contributed by atoms with E-state index in [-0.39, 0.29) is 17.5 Å². The van der Waals surface area contributed by atoms with Crippen molar-refractivity contribution in [2.45, 2.75) is 18.9 Å². The number of piperidine rings is 1. The fourth-order valence-electron chi connectivity index (χ4n) is 3.23. The summed E-state index contributed by atoms with van der Waals surface area (Å²) in [6, 6.07) is 10.5. The van der Waals surface area contributed by atoms with E-state index in [2.05, 4.69) is 16.8 Å². The highest BCUT2D eigenvalue weighted by Gasteiger charge is 2.20. The number of nitrogens with zero attached hydrogens (tertiary/aromatic N) is 1. The minimum absolute atomic E-state index is 0.0774. The molecule has 2 aromatic carbocycles. The Balaban J connectivity index is 1.67. The molecule has 130 valence electrons. The first kappa shape index (κ1) is 17.2. The van der Waals surface area contributed by atoms with Crippen LogP contribution >= 0.6 is 0 Å². The normalized spacial score (nSPS) is 15.8. The maximum absolute atomic E-state index is 12.5. The fraction of sp³-hybridized carbons (Fsp3) is 0.300. The maximum Gasteiger partial charge on any atom is 0.335 e. The van der Waals surface area contributed by atoms with Crippen molar-refractivity contribution >= 4 is 22.6 Å². The van der Waals surface area contributed by atoms with Crippen LogP contribution < -0.4 is 5.32 Å². The number of carboxylic acids is 1.